The molecule has 2 heterocycles. The van der Waals surface area contributed by atoms with Crippen LogP contribution in [0, 0.1) is 0 Å². The molecule has 0 atom stereocenters. The second-order valence-corrected chi connectivity index (χ2v) is 6.34. The Labute approximate surface area is 139 Å². The number of nitrogens with zero attached hydrogens (tertiary/aromatic N) is 2. The summed E-state index contributed by atoms with van der Waals surface area (Å²) in [6, 6.07) is 5.21. The lowest BCUT2D eigenvalue weighted by molar-refractivity contribution is 0.241. The van der Waals surface area contributed by atoms with Gasteiger partial charge in [0.1, 0.15) is 11.6 Å². The number of halogens is 1. The second kappa shape index (κ2) is 6.72. The molecule has 1 aromatic carbocycles. The zero-order chi connectivity index (χ0) is 16.4. The standard InChI is InChI=1S/C17H20ClN3O2/c1-2-3-16-19-14-6-7-21(10-12(14)17(23)20-16)9-11-4-5-15(22)13(18)8-11/h4-5,8,22H,2-3,6-7,9-10H2,1H3,(H,19,20,23). The Hall–Kier alpha value is -1.85. The molecule has 23 heavy (non-hydrogen) atoms. The smallest absolute Gasteiger partial charge is 0.255 e. The van der Waals surface area contributed by atoms with Gasteiger partial charge in [0.15, 0.2) is 0 Å². The number of H-pyrrole nitrogens is 1. The topological polar surface area (TPSA) is 69.2 Å². The minimum absolute atomic E-state index is 0.0214. The molecule has 0 fully saturated rings. The first-order chi connectivity index (χ1) is 11.1. The zero-order valence-corrected chi connectivity index (χ0v) is 13.9. The van der Waals surface area contributed by atoms with Crippen molar-refractivity contribution < 1.29 is 5.11 Å². The van der Waals surface area contributed by atoms with Crippen LogP contribution in [0.25, 0.3) is 0 Å². The van der Waals surface area contributed by atoms with Gasteiger partial charge in [0.05, 0.1) is 16.3 Å². The van der Waals surface area contributed by atoms with E-state index in [9.17, 15) is 9.90 Å². The molecule has 2 aromatic rings. The first-order valence-electron chi connectivity index (χ1n) is 7.87. The molecule has 0 spiro atoms. The summed E-state index contributed by atoms with van der Waals surface area (Å²) in [6.45, 7) is 4.20. The molecule has 1 aliphatic rings. The van der Waals surface area contributed by atoms with E-state index in [0.717, 1.165) is 48.5 Å². The van der Waals surface area contributed by atoms with Crippen LogP contribution in [0.15, 0.2) is 23.0 Å². The van der Waals surface area contributed by atoms with Crippen LogP contribution < -0.4 is 5.56 Å². The minimum Gasteiger partial charge on any atom is -0.506 e. The van der Waals surface area contributed by atoms with Gasteiger partial charge in [-0.2, -0.15) is 0 Å². The summed E-state index contributed by atoms with van der Waals surface area (Å²) in [5.41, 5.74) is 2.69. The van der Waals surface area contributed by atoms with E-state index in [2.05, 4.69) is 21.8 Å². The van der Waals surface area contributed by atoms with E-state index < -0.39 is 0 Å². The van der Waals surface area contributed by atoms with E-state index in [1.54, 1.807) is 12.1 Å². The normalized spacial score (nSPS) is 14.7. The first-order valence-corrected chi connectivity index (χ1v) is 8.25. The van der Waals surface area contributed by atoms with Gasteiger partial charge >= 0.3 is 0 Å². The van der Waals surface area contributed by atoms with E-state index in [4.69, 9.17) is 11.6 Å². The number of aryl methyl sites for hydroxylation is 1. The number of rotatable bonds is 4. The molecule has 0 unspecified atom stereocenters. The van der Waals surface area contributed by atoms with Crippen molar-refractivity contribution in [2.45, 2.75) is 39.3 Å². The molecule has 0 aliphatic carbocycles. The third-order valence-electron chi connectivity index (χ3n) is 4.10. The molecule has 0 bridgehead atoms. The summed E-state index contributed by atoms with van der Waals surface area (Å²) in [4.78, 5) is 22.0. The Morgan fingerprint density at radius 1 is 1.43 bits per heavy atom. The van der Waals surface area contributed by atoms with Gasteiger partial charge in [0, 0.05) is 32.5 Å². The van der Waals surface area contributed by atoms with E-state index in [0.29, 0.717) is 18.1 Å². The predicted octanol–water partition coefficient (Wildman–Crippen LogP) is 2.64. The molecule has 0 amide bonds. The van der Waals surface area contributed by atoms with Crippen LogP contribution in [0.3, 0.4) is 0 Å². The lowest BCUT2D eigenvalue weighted by atomic mass is 10.1. The van der Waals surface area contributed by atoms with Gasteiger partial charge in [-0.25, -0.2) is 4.98 Å². The van der Waals surface area contributed by atoms with E-state index >= 15 is 0 Å². The number of benzene rings is 1. The lowest BCUT2D eigenvalue weighted by Gasteiger charge is -2.27. The fraction of sp³-hybridized carbons (Fsp3) is 0.412. The van der Waals surface area contributed by atoms with Gasteiger partial charge in [0.25, 0.3) is 5.56 Å². The maximum Gasteiger partial charge on any atom is 0.255 e. The minimum atomic E-state index is -0.0214. The van der Waals surface area contributed by atoms with Crippen molar-refractivity contribution in [2.24, 2.45) is 0 Å². The number of phenolic OH excluding ortho intramolecular Hbond substituents is 1. The Kier molecular flexibility index (Phi) is 4.68. The van der Waals surface area contributed by atoms with Crippen molar-refractivity contribution in [2.75, 3.05) is 6.54 Å². The summed E-state index contributed by atoms with van der Waals surface area (Å²) in [5, 5.41) is 9.84. The Balaban J connectivity index is 1.77. The van der Waals surface area contributed by atoms with Gasteiger partial charge in [-0.15, -0.1) is 0 Å². The highest BCUT2D eigenvalue weighted by atomic mass is 35.5. The molecule has 0 saturated carbocycles. The quantitative estimate of drug-likeness (QED) is 0.902. The number of phenols is 1. The molecule has 0 radical (unpaired) electrons. The van der Waals surface area contributed by atoms with Crippen LogP contribution in [0.5, 0.6) is 5.75 Å². The van der Waals surface area contributed by atoms with Crippen molar-refractivity contribution in [1.82, 2.24) is 14.9 Å². The van der Waals surface area contributed by atoms with Crippen molar-refractivity contribution in [3.05, 3.63) is 56.2 Å². The van der Waals surface area contributed by atoms with Crippen LogP contribution in [-0.2, 0) is 25.9 Å². The van der Waals surface area contributed by atoms with Crippen molar-refractivity contribution in [1.29, 1.82) is 0 Å². The maximum atomic E-state index is 12.3. The van der Waals surface area contributed by atoms with Gasteiger partial charge in [-0.05, 0) is 24.1 Å². The molecular weight excluding hydrogens is 314 g/mol. The second-order valence-electron chi connectivity index (χ2n) is 5.93. The van der Waals surface area contributed by atoms with Crippen molar-refractivity contribution >= 4 is 11.6 Å². The maximum absolute atomic E-state index is 12.3. The number of hydrogen-bond acceptors (Lipinski definition) is 4. The van der Waals surface area contributed by atoms with Gasteiger partial charge < -0.3 is 10.1 Å². The highest BCUT2D eigenvalue weighted by molar-refractivity contribution is 6.32. The number of nitrogens with one attached hydrogen (secondary N) is 1. The molecule has 122 valence electrons. The van der Waals surface area contributed by atoms with Crippen LogP contribution >= 0.6 is 11.6 Å². The average molecular weight is 334 g/mol. The highest BCUT2D eigenvalue weighted by Crippen LogP contribution is 2.25. The first kappa shape index (κ1) is 16.0. The van der Waals surface area contributed by atoms with E-state index in [1.165, 1.54) is 0 Å². The summed E-state index contributed by atoms with van der Waals surface area (Å²) in [7, 11) is 0. The summed E-state index contributed by atoms with van der Waals surface area (Å²) in [6.07, 6.45) is 2.55. The number of hydrogen-bond donors (Lipinski definition) is 2. The SMILES string of the molecule is CCCc1nc2c(c(=O)[nH]1)CN(Cc1ccc(O)c(Cl)c1)CC2. The summed E-state index contributed by atoms with van der Waals surface area (Å²) in [5.74, 6) is 0.874. The number of aromatic hydroxyl groups is 1. The molecule has 2 N–H and O–H groups in total. The van der Waals surface area contributed by atoms with E-state index in [-0.39, 0.29) is 11.3 Å². The van der Waals surface area contributed by atoms with Gasteiger partial charge in [-0.3, -0.25) is 9.69 Å². The Bertz CT molecular complexity index is 773. The van der Waals surface area contributed by atoms with Gasteiger partial charge in [-0.1, -0.05) is 24.6 Å². The average Bonchev–Trinajstić information content (AvgIpc) is 2.52. The monoisotopic (exact) mass is 333 g/mol. The zero-order valence-electron chi connectivity index (χ0n) is 13.1. The fourth-order valence-corrected chi connectivity index (χ4v) is 3.13. The molecule has 1 aromatic heterocycles. The molecule has 5 nitrogen and oxygen atoms in total. The fourth-order valence-electron chi connectivity index (χ4n) is 2.93. The van der Waals surface area contributed by atoms with Crippen molar-refractivity contribution in [3.8, 4) is 5.75 Å². The van der Waals surface area contributed by atoms with Gasteiger partial charge in [0.2, 0.25) is 0 Å². The molecule has 6 heteroatoms. The largest absolute Gasteiger partial charge is 0.506 e. The highest BCUT2D eigenvalue weighted by Gasteiger charge is 2.21. The summed E-state index contributed by atoms with van der Waals surface area (Å²) >= 11 is 5.95. The molecule has 0 saturated heterocycles. The molecule has 3 rings (SSSR count). The van der Waals surface area contributed by atoms with Crippen LogP contribution in [0.4, 0.5) is 0 Å². The third kappa shape index (κ3) is 3.57. The third-order valence-corrected chi connectivity index (χ3v) is 4.40. The molecular formula is C17H20ClN3O2. The summed E-state index contributed by atoms with van der Waals surface area (Å²) < 4.78 is 0. The predicted molar refractivity (Wildman–Crippen MR) is 89.8 cm³/mol. The number of fused-ring (bicyclic) bond motifs is 1. The van der Waals surface area contributed by atoms with Crippen LogP contribution in [-0.4, -0.2) is 26.5 Å². The lowest BCUT2D eigenvalue weighted by Crippen LogP contribution is -2.35. The van der Waals surface area contributed by atoms with Crippen molar-refractivity contribution in [3.63, 3.8) is 0 Å². The molecule has 1 aliphatic heterocycles. The Morgan fingerprint density at radius 3 is 3.00 bits per heavy atom. The number of aromatic nitrogens is 2. The Morgan fingerprint density at radius 2 is 2.26 bits per heavy atom. The van der Waals surface area contributed by atoms with Crippen LogP contribution in [0.1, 0.15) is 36.0 Å². The number of aromatic amines is 1. The van der Waals surface area contributed by atoms with Crippen LogP contribution in [0.2, 0.25) is 5.02 Å². The van der Waals surface area contributed by atoms with E-state index in [1.807, 2.05) is 6.07 Å².